The molecule has 0 spiro atoms. The number of rotatable bonds is 18. The Morgan fingerprint density at radius 3 is 1.80 bits per heavy atom. The maximum absolute atomic E-state index is 12.9. The van der Waals surface area contributed by atoms with Gasteiger partial charge in [-0.2, -0.15) is 0 Å². The van der Waals surface area contributed by atoms with Crippen LogP contribution in [0.15, 0.2) is 0 Å². The first-order valence-electron chi connectivity index (χ1n) is 11.4. The largest absolute Gasteiger partial charge is 0.480 e. The van der Waals surface area contributed by atoms with E-state index in [1.807, 2.05) is 0 Å². The zero-order chi connectivity index (χ0) is 27.1. The van der Waals surface area contributed by atoms with Gasteiger partial charge in [-0.3, -0.25) is 24.0 Å². The second kappa shape index (κ2) is 16.4. The van der Waals surface area contributed by atoms with Gasteiger partial charge in [0.1, 0.15) is 18.1 Å². The van der Waals surface area contributed by atoms with Crippen molar-refractivity contribution in [3.8, 4) is 0 Å². The monoisotopic (exact) mass is 501 g/mol. The highest BCUT2D eigenvalue weighted by atomic mass is 16.4. The predicted molar refractivity (Wildman–Crippen MR) is 126 cm³/mol. The number of aliphatic carboxylic acids is 1. The lowest BCUT2D eigenvalue weighted by molar-refractivity contribution is -0.143. The van der Waals surface area contributed by atoms with Gasteiger partial charge in [0.2, 0.25) is 29.5 Å². The summed E-state index contributed by atoms with van der Waals surface area (Å²) < 4.78 is 0. The van der Waals surface area contributed by atoms with Gasteiger partial charge in [-0.15, -0.1) is 0 Å². The molecule has 0 saturated heterocycles. The number of carbonyl (C=O) groups is 6. The summed E-state index contributed by atoms with van der Waals surface area (Å²) in [6.07, 6.45) is 0.644. The van der Waals surface area contributed by atoms with Crippen LogP contribution in [0.3, 0.4) is 0 Å². The van der Waals surface area contributed by atoms with Crippen molar-refractivity contribution in [1.82, 2.24) is 16.0 Å². The molecule has 0 heterocycles. The van der Waals surface area contributed by atoms with Crippen LogP contribution in [-0.4, -0.2) is 71.3 Å². The Kier molecular flexibility index (Phi) is 14.9. The van der Waals surface area contributed by atoms with E-state index in [1.165, 1.54) is 0 Å². The smallest absolute Gasteiger partial charge is 0.326 e. The Morgan fingerprint density at radius 2 is 1.31 bits per heavy atom. The Hall–Kier alpha value is -3.26. The number of carboxylic acids is 1. The van der Waals surface area contributed by atoms with Gasteiger partial charge in [-0.05, 0) is 38.1 Å². The summed E-state index contributed by atoms with van der Waals surface area (Å²) in [5.41, 5.74) is 21.5. The molecule has 0 radical (unpaired) electrons. The van der Waals surface area contributed by atoms with E-state index in [-0.39, 0.29) is 25.2 Å². The molecule has 35 heavy (non-hydrogen) atoms. The summed E-state index contributed by atoms with van der Waals surface area (Å²) in [5.74, 6) is -5.43. The highest BCUT2D eigenvalue weighted by Gasteiger charge is 2.31. The van der Waals surface area contributed by atoms with E-state index in [4.69, 9.17) is 22.9 Å². The fourth-order valence-electron chi connectivity index (χ4n) is 3.12. The fourth-order valence-corrected chi connectivity index (χ4v) is 3.12. The molecule has 0 aliphatic rings. The third-order valence-electron chi connectivity index (χ3n) is 4.98. The molecule has 0 aromatic carbocycles. The van der Waals surface area contributed by atoms with Crippen LogP contribution in [0.5, 0.6) is 0 Å². The lowest BCUT2D eigenvalue weighted by atomic mass is 10.0. The van der Waals surface area contributed by atoms with Crippen molar-refractivity contribution < 1.29 is 33.9 Å². The molecule has 5 amide bonds. The molecule has 12 N–H and O–H groups in total. The minimum Gasteiger partial charge on any atom is -0.480 e. The standard InChI is InChI=1S/C21H39N7O7/c1-11(2)9-14(19(32)26-13(21(34)35)6-7-16(24)29)28-20(33)15(10-17(25)30)27-18(31)12(23)5-3-4-8-22/h11-15H,3-10,22-23H2,1-2H3,(H2,24,29)(H2,25,30)(H,26,32)(H,27,31)(H,28,33)(H,34,35). The van der Waals surface area contributed by atoms with Crippen molar-refractivity contribution >= 4 is 35.5 Å². The second-order valence-corrected chi connectivity index (χ2v) is 8.72. The minimum atomic E-state index is -1.41. The van der Waals surface area contributed by atoms with Crippen LogP contribution in [0, 0.1) is 5.92 Å². The first-order valence-corrected chi connectivity index (χ1v) is 11.4. The molecule has 4 unspecified atom stereocenters. The third kappa shape index (κ3) is 13.9. The average Bonchev–Trinajstić information content (AvgIpc) is 2.74. The van der Waals surface area contributed by atoms with E-state index in [1.54, 1.807) is 13.8 Å². The lowest BCUT2D eigenvalue weighted by Crippen LogP contribution is -2.58. The van der Waals surface area contributed by atoms with Gasteiger partial charge in [0, 0.05) is 6.42 Å². The van der Waals surface area contributed by atoms with Crippen LogP contribution < -0.4 is 38.9 Å². The second-order valence-electron chi connectivity index (χ2n) is 8.72. The molecular weight excluding hydrogens is 462 g/mol. The fraction of sp³-hybridized carbons (Fsp3) is 0.714. The number of carboxylic acid groups (broad SMARTS) is 1. The van der Waals surface area contributed by atoms with Crippen LogP contribution in [0.25, 0.3) is 0 Å². The van der Waals surface area contributed by atoms with Crippen molar-refractivity contribution in [3.63, 3.8) is 0 Å². The zero-order valence-corrected chi connectivity index (χ0v) is 20.2. The van der Waals surface area contributed by atoms with Gasteiger partial charge in [0.15, 0.2) is 0 Å². The van der Waals surface area contributed by atoms with Crippen molar-refractivity contribution in [2.24, 2.45) is 28.9 Å². The number of hydrogen-bond donors (Lipinski definition) is 8. The topological polar surface area (TPSA) is 263 Å². The van der Waals surface area contributed by atoms with E-state index in [0.717, 1.165) is 0 Å². The molecule has 200 valence electrons. The van der Waals surface area contributed by atoms with Crippen molar-refractivity contribution in [2.75, 3.05) is 6.54 Å². The Balaban J connectivity index is 5.46. The first-order chi connectivity index (χ1) is 16.3. The molecule has 0 rings (SSSR count). The molecule has 14 nitrogen and oxygen atoms in total. The number of amides is 5. The van der Waals surface area contributed by atoms with Crippen molar-refractivity contribution in [2.45, 2.75) is 83.0 Å². The van der Waals surface area contributed by atoms with Crippen LogP contribution in [0.4, 0.5) is 0 Å². The number of primary amides is 2. The highest BCUT2D eigenvalue weighted by molar-refractivity contribution is 5.96. The number of nitrogens with one attached hydrogen (secondary N) is 3. The molecular formula is C21H39N7O7. The summed E-state index contributed by atoms with van der Waals surface area (Å²) in [7, 11) is 0. The molecule has 0 aromatic heterocycles. The minimum absolute atomic E-state index is 0.0971. The molecule has 14 heteroatoms. The maximum atomic E-state index is 12.9. The highest BCUT2D eigenvalue weighted by Crippen LogP contribution is 2.08. The van der Waals surface area contributed by atoms with E-state index in [9.17, 15) is 33.9 Å². The number of hydrogen-bond acceptors (Lipinski definition) is 8. The average molecular weight is 502 g/mol. The van der Waals surface area contributed by atoms with Gasteiger partial charge in [0.25, 0.3) is 0 Å². The van der Waals surface area contributed by atoms with Crippen LogP contribution in [-0.2, 0) is 28.8 Å². The normalized spacial score (nSPS) is 14.3. The molecule has 0 bridgehead atoms. The molecule has 0 fully saturated rings. The number of carbonyl (C=O) groups excluding carboxylic acids is 5. The van der Waals surface area contributed by atoms with Gasteiger partial charge in [-0.1, -0.05) is 20.3 Å². The first kappa shape index (κ1) is 31.7. The Bertz CT molecular complexity index is 760. The summed E-state index contributed by atoms with van der Waals surface area (Å²) in [6.45, 7) is 3.99. The molecule has 4 atom stereocenters. The van der Waals surface area contributed by atoms with E-state index in [0.29, 0.717) is 25.8 Å². The van der Waals surface area contributed by atoms with E-state index in [2.05, 4.69) is 16.0 Å². The Labute approximate surface area is 204 Å². The van der Waals surface area contributed by atoms with Crippen LogP contribution in [0.2, 0.25) is 0 Å². The van der Waals surface area contributed by atoms with Gasteiger partial charge < -0.3 is 44.0 Å². The third-order valence-corrected chi connectivity index (χ3v) is 4.98. The Morgan fingerprint density at radius 1 is 0.771 bits per heavy atom. The van der Waals surface area contributed by atoms with Crippen LogP contribution in [0.1, 0.15) is 58.8 Å². The quantitative estimate of drug-likeness (QED) is 0.0898. The summed E-state index contributed by atoms with van der Waals surface area (Å²) in [4.78, 5) is 72.0. The predicted octanol–water partition coefficient (Wildman–Crippen LogP) is -2.83. The van der Waals surface area contributed by atoms with Gasteiger partial charge in [-0.25, -0.2) is 4.79 Å². The number of unbranched alkanes of at least 4 members (excludes halogenated alkanes) is 1. The molecule has 0 saturated carbocycles. The van der Waals surface area contributed by atoms with Gasteiger partial charge >= 0.3 is 5.97 Å². The zero-order valence-electron chi connectivity index (χ0n) is 20.2. The van der Waals surface area contributed by atoms with Gasteiger partial charge in [0.05, 0.1) is 12.5 Å². The van der Waals surface area contributed by atoms with E-state index >= 15 is 0 Å². The maximum Gasteiger partial charge on any atom is 0.326 e. The van der Waals surface area contributed by atoms with E-state index < -0.39 is 66.1 Å². The summed E-state index contributed by atoms with van der Waals surface area (Å²) in [5, 5.41) is 16.4. The molecule has 0 aliphatic carbocycles. The van der Waals surface area contributed by atoms with Crippen LogP contribution >= 0.6 is 0 Å². The number of nitrogens with two attached hydrogens (primary N) is 4. The SMILES string of the molecule is CC(C)CC(NC(=O)C(CC(N)=O)NC(=O)C(N)CCCCN)C(=O)NC(CCC(N)=O)C(=O)O. The van der Waals surface area contributed by atoms with Crippen molar-refractivity contribution in [1.29, 1.82) is 0 Å². The lowest BCUT2D eigenvalue weighted by Gasteiger charge is -2.25. The summed E-state index contributed by atoms with van der Waals surface area (Å²) in [6, 6.07) is -4.94. The molecule has 0 aliphatic heterocycles. The molecule has 0 aromatic rings. The summed E-state index contributed by atoms with van der Waals surface area (Å²) >= 11 is 0. The van der Waals surface area contributed by atoms with Crippen molar-refractivity contribution in [3.05, 3.63) is 0 Å².